The van der Waals surface area contributed by atoms with Gasteiger partial charge in [0.05, 0.1) is 0 Å². The van der Waals surface area contributed by atoms with Crippen molar-refractivity contribution in [2.75, 3.05) is 13.1 Å². The Kier molecular flexibility index (Phi) is 6.95. The predicted molar refractivity (Wildman–Crippen MR) is 76.1 cm³/mol. The Balaban J connectivity index is 2.43. The minimum Gasteiger partial charge on any atom is -0.299 e. The Labute approximate surface area is 107 Å². The molecule has 0 aliphatic carbocycles. The molecule has 1 heteroatoms. The van der Waals surface area contributed by atoms with Gasteiger partial charge in [-0.05, 0) is 37.4 Å². The first-order chi connectivity index (χ1) is 8.26. The SMILES string of the molecule is CCCN(CCC(C)CC)Cc1ccccc1. The highest BCUT2D eigenvalue weighted by Gasteiger charge is 2.07. The van der Waals surface area contributed by atoms with Crippen molar-refractivity contribution in [3.8, 4) is 0 Å². The Morgan fingerprint density at radius 1 is 1.06 bits per heavy atom. The summed E-state index contributed by atoms with van der Waals surface area (Å²) in [5, 5.41) is 0. The summed E-state index contributed by atoms with van der Waals surface area (Å²) in [6.07, 6.45) is 3.86. The molecule has 0 aliphatic rings. The number of hydrogen-bond acceptors (Lipinski definition) is 1. The molecular formula is C16H27N. The standard InChI is InChI=1S/C16H27N/c1-4-12-17(13-11-15(3)5-2)14-16-9-7-6-8-10-16/h6-10,15H,4-5,11-14H2,1-3H3. The van der Waals surface area contributed by atoms with Crippen LogP contribution in [0.3, 0.4) is 0 Å². The topological polar surface area (TPSA) is 3.24 Å². The van der Waals surface area contributed by atoms with Gasteiger partial charge in [0.2, 0.25) is 0 Å². The Morgan fingerprint density at radius 3 is 2.35 bits per heavy atom. The monoisotopic (exact) mass is 233 g/mol. The van der Waals surface area contributed by atoms with Gasteiger partial charge in [0.15, 0.2) is 0 Å². The van der Waals surface area contributed by atoms with Gasteiger partial charge in [-0.15, -0.1) is 0 Å². The zero-order valence-corrected chi connectivity index (χ0v) is 11.7. The van der Waals surface area contributed by atoms with Crippen molar-refractivity contribution >= 4 is 0 Å². The van der Waals surface area contributed by atoms with E-state index in [0.717, 1.165) is 12.5 Å². The van der Waals surface area contributed by atoms with Crippen molar-refractivity contribution < 1.29 is 0 Å². The molecule has 1 rings (SSSR count). The van der Waals surface area contributed by atoms with Crippen LogP contribution >= 0.6 is 0 Å². The van der Waals surface area contributed by atoms with E-state index >= 15 is 0 Å². The van der Waals surface area contributed by atoms with E-state index in [-0.39, 0.29) is 0 Å². The Hall–Kier alpha value is -0.820. The van der Waals surface area contributed by atoms with Gasteiger partial charge in [0, 0.05) is 6.54 Å². The summed E-state index contributed by atoms with van der Waals surface area (Å²) in [6.45, 7) is 10.5. The van der Waals surface area contributed by atoms with Crippen molar-refractivity contribution in [1.29, 1.82) is 0 Å². The lowest BCUT2D eigenvalue weighted by molar-refractivity contribution is 0.245. The van der Waals surface area contributed by atoms with Gasteiger partial charge in [-0.25, -0.2) is 0 Å². The van der Waals surface area contributed by atoms with Crippen LogP contribution in [0, 0.1) is 5.92 Å². The molecule has 1 nitrogen and oxygen atoms in total. The van der Waals surface area contributed by atoms with Crippen LogP contribution in [0.15, 0.2) is 30.3 Å². The molecule has 0 saturated heterocycles. The molecule has 0 saturated carbocycles. The number of rotatable bonds is 8. The highest BCUT2D eigenvalue weighted by molar-refractivity contribution is 5.14. The van der Waals surface area contributed by atoms with E-state index in [4.69, 9.17) is 0 Å². The summed E-state index contributed by atoms with van der Waals surface area (Å²) in [5.74, 6) is 0.852. The van der Waals surface area contributed by atoms with Crippen LogP contribution in [0.2, 0.25) is 0 Å². The molecule has 0 aromatic heterocycles. The first kappa shape index (κ1) is 14.2. The molecule has 17 heavy (non-hydrogen) atoms. The van der Waals surface area contributed by atoms with E-state index in [1.54, 1.807) is 0 Å². The van der Waals surface area contributed by atoms with Crippen molar-refractivity contribution in [1.82, 2.24) is 4.90 Å². The second-order valence-corrected chi connectivity index (χ2v) is 5.06. The van der Waals surface area contributed by atoms with Crippen molar-refractivity contribution in [2.24, 2.45) is 5.92 Å². The third-order valence-corrected chi connectivity index (χ3v) is 3.42. The van der Waals surface area contributed by atoms with Crippen LogP contribution in [0.4, 0.5) is 0 Å². The quantitative estimate of drug-likeness (QED) is 0.646. The minimum absolute atomic E-state index is 0.852. The fraction of sp³-hybridized carbons (Fsp3) is 0.625. The highest BCUT2D eigenvalue weighted by atomic mass is 15.1. The summed E-state index contributed by atoms with van der Waals surface area (Å²) in [5.41, 5.74) is 1.44. The molecule has 1 aromatic carbocycles. The van der Waals surface area contributed by atoms with Crippen LogP contribution < -0.4 is 0 Å². The van der Waals surface area contributed by atoms with Crippen LogP contribution in [0.5, 0.6) is 0 Å². The molecule has 0 N–H and O–H groups in total. The first-order valence-electron chi connectivity index (χ1n) is 7.02. The maximum atomic E-state index is 2.58. The summed E-state index contributed by atoms with van der Waals surface area (Å²) >= 11 is 0. The van der Waals surface area contributed by atoms with E-state index in [1.807, 2.05) is 0 Å². The maximum Gasteiger partial charge on any atom is 0.0233 e. The zero-order chi connectivity index (χ0) is 12.5. The molecule has 0 amide bonds. The van der Waals surface area contributed by atoms with Crippen molar-refractivity contribution in [3.05, 3.63) is 35.9 Å². The van der Waals surface area contributed by atoms with Gasteiger partial charge in [-0.1, -0.05) is 57.5 Å². The van der Waals surface area contributed by atoms with E-state index in [9.17, 15) is 0 Å². The summed E-state index contributed by atoms with van der Waals surface area (Å²) in [6, 6.07) is 10.8. The van der Waals surface area contributed by atoms with E-state index < -0.39 is 0 Å². The molecule has 0 heterocycles. The lowest BCUT2D eigenvalue weighted by atomic mass is 10.0. The molecule has 1 unspecified atom stereocenters. The molecule has 0 fully saturated rings. The van der Waals surface area contributed by atoms with Gasteiger partial charge in [-0.3, -0.25) is 4.90 Å². The van der Waals surface area contributed by atoms with Gasteiger partial charge < -0.3 is 0 Å². The summed E-state index contributed by atoms with van der Waals surface area (Å²) in [4.78, 5) is 2.58. The van der Waals surface area contributed by atoms with E-state index in [2.05, 4.69) is 56.0 Å². The fourth-order valence-corrected chi connectivity index (χ4v) is 2.03. The molecular weight excluding hydrogens is 206 g/mol. The number of benzene rings is 1. The highest BCUT2D eigenvalue weighted by Crippen LogP contribution is 2.11. The first-order valence-corrected chi connectivity index (χ1v) is 7.02. The second kappa shape index (κ2) is 8.30. The molecule has 1 atom stereocenters. The molecule has 96 valence electrons. The van der Waals surface area contributed by atoms with Crippen molar-refractivity contribution in [2.45, 2.75) is 46.6 Å². The zero-order valence-electron chi connectivity index (χ0n) is 11.7. The van der Waals surface area contributed by atoms with Crippen LogP contribution in [-0.2, 0) is 6.54 Å². The summed E-state index contributed by atoms with van der Waals surface area (Å²) in [7, 11) is 0. The third kappa shape index (κ3) is 5.88. The normalized spacial score (nSPS) is 12.9. The van der Waals surface area contributed by atoms with Gasteiger partial charge in [-0.2, -0.15) is 0 Å². The molecule has 0 aliphatic heterocycles. The molecule has 0 bridgehead atoms. The lowest BCUT2D eigenvalue weighted by Crippen LogP contribution is -2.26. The number of nitrogens with zero attached hydrogens (tertiary/aromatic N) is 1. The third-order valence-electron chi connectivity index (χ3n) is 3.42. The van der Waals surface area contributed by atoms with Gasteiger partial charge in [0.25, 0.3) is 0 Å². The lowest BCUT2D eigenvalue weighted by Gasteiger charge is -2.23. The second-order valence-electron chi connectivity index (χ2n) is 5.06. The van der Waals surface area contributed by atoms with E-state index in [1.165, 1.54) is 37.9 Å². The van der Waals surface area contributed by atoms with E-state index in [0.29, 0.717) is 0 Å². The largest absolute Gasteiger partial charge is 0.299 e. The fourth-order valence-electron chi connectivity index (χ4n) is 2.03. The molecule has 0 spiro atoms. The predicted octanol–water partition coefficient (Wildman–Crippen LogP) is 4.33. The smallest absolute Gasteiger partial charge is 0.0233 e. The molecule has 1 aromatic rings. The number of hydrogen-bond donors (Lipinski definition) is 0. The molecule has 0 radical (unpaired) electrons. The Bertz CT molecular complexity index is 281. The Morgan fingerprint density at radius 2 is 1.76 bits per heavy atom. The van der Waals surface area contributed by atoms with Gasteiger partial charge >= 0.3 is 0 Å². The van der Waals surface area contributed by atoms with Crippen LogP contribution in [0.1, 0.15) is 45.6 Å². The van der Waals surface area contributed by atoms with Crippen molar-refractivity contribution in [3.63, 3.8) is 0 Å². The average Bonchev–Trinajstić information content (AvgIpc) is 2.37. The maximum absolute atomic E-state index is 2.58. The minimum atomic E-state index is 0.852. The van der Waals surface area contributed by atoms with Crippen LogP contribution in [-0.4, -0.2) is 18.0 Å². The van der Waals surface area contributed by atoms with Gasteiger partial charge in [0.1, 0.15) is 0 Å². The summed E-state index contributed by atoms with van der Waals surface area (Å²) < 4.78 is 0. The average molecular weight is 233 g/mol. The van der Waals surface area contributed by atoms with Crippen LogP contribution in [0.25, 0.3) is 0 Å².